The molecule has 3 fully saturated rings. The lowest BCUT2D eigenvalue weighted by atomic mass is 9.64. The van der Waals surface area contributed by atoms with Crippen LogP contribution >= 0.6 is 0 Å². The maximum atomic E-state index is 12.1. The Bertz CT molecular complexity index is 603. The highest BCUT2D eigenvalue weighted by atomic mass is 16.2. The van der Waals surface area contributed by atoms with Crippen molar-refractivity contribution in [1.29, 1.82) is 0 Å². The van der Waals surface area contributed by atoms with Gasteiger partial charge in [-0.3, -0.25) is 19.7 Å². The third-order valence-corrected chi connectivity index (χ3v) is 3.57. The zero-order chi connectivity index (χ0) is 13.5. The third kappa shape index (κ3) is 1.82. The highest BCUT2D eigenvalue weighted by Gasteiger charge is 2.58. The van der Waals surface area contributed by atoms with Crippen LogP contribution in [0.5, 0.6) is 0 Å². The molecule has 2 saturated heterocycles. The van der Waals surface area contributed by atoms with E-state index in [1.807, 2.05) is 0 Å². The molecule has 2 bridgehead atoms. The molecule has 1 saturated carbocycles. The number of carbonyl (C=O) groups excluding carboxylic acids is 3. The summed E-state index contributed by atoms with van der Waals surface area (Å²) >= 11 is 0. The molecule has 3 aliphatic heterocycles. The Morgan fingerprint density at radius 2 is 2.26 bits per heavy atom. The van der Waals surface area contributed by atoms with Gasteiger partial charge in [-0.15, -0.1) is 0 Å². The van der Waals surface area contributed by atoms with E-state index in [0.717, 1.165) is 0 Å². The lowest BCUT2D eigenvalue weighted by molar-refractivity contribution is -0.155. The number of fused-ring (bicyclic) bond motifs is 2. The van der Waals surface area contributed by atoms with Crippen LogP contribution in [0.15, 0.2) is 35.0 Å². The molecular formula is C13H11N3O3. The van der Waals surface area contributed by atoms with Crippen molar-refractivity contribution >= 4 is 23.6 Å². The Morgan fingerprint density at radius 3 is 3.00 bits per heavy atom. The molecule has 6 heteroatoms. The quantitative estimate of drug-likeness (QED) is 0.659. The van der Waals surface area contributed by atoms with Crippen LogP contribution in [0.3, 0.4) is 0 Å². The molecule has 0 aromatic rings. The van der Waals surface area contributed by atoms with Gasteiger partial charge in [-0.05, 0) is 30.9 Å². The standard InChI is InChI=1S/C13H11N3O3/c17-10-9-5-13(6-9,12(19)15-10)16-11(18)8-3-1-2-4-14-7-8/h1-3,7,9H,5-6H2,(H,16,18)(H,15,17,19). The van der Waals surface area contributed by atoms with E-state index < -0.39 is 11.4 Å². The molecule has 0 aromatic heterocycles. The normalized spacial score (nSPS) is 31.2. The van der Waals surface area contributed by atoms with E-state index in [4.69, 9.17) is 0 Å². The van der Waals surface area contributed by atoms with E-state index in [2.05, 4.69) is 21.5 Å². The molecule has 1 aliphatic carbocycles. The highest BCUT2D eigenvalue weighted by Crippen LogP contribution is 2.41. The number of nitrogens with zero attached hydrogens (tertiary/aromatic N) is 1. The van der Waals surface area contributed by atoms with Gasteiger partial charge in [-0.2, -0.15) is 0 Å². The van der Waals surface area contributed by atoms with Crippen molar-refractivity contribution in [1.82, 2.24) is 10.6 Å². The van der Waals surface area contributed by atoms with Gasteiger partial charge in [0.25, 0.3) is 11.8 Å². The summed E-state index contributed by atoms with van der Waals surface area (Å²) in [5.74, 6) is 1.39. The van der Waals surface area contributed by atoms with Gasteiger partial charge in [-0.1, -0.05) is 6.08 Å². The second kappa shape index (κ2) is 4.03. The zero-order valence-electron chi connectivity index (χ0n) is 9.97. The Kier molecular flexibility index (Phi) is 2.47. The lowest BCUT2D eigenvalue weighted by Crippen LogP contribution is -2.73. The first kappa shape index (κ1) is 11.6. The van der Waals surface area contributed by atoms with Crippen LogP contribution in [-0.2, 0) is 14.4 Å². The molecule has 19 heavy (non-hydrogen) atoms. The monoisotopic (exact) mass is 257 g/mol. The fourth-order valence-corrected chi connectivity index (χ4v) is 2.46. The highest BCUT2D eigenvalue weighted by molar-refractivity contribution is 6.10. The summed E-state index contributed by atoms with van der Waals surface area (Å²) < 4.78 is 0. The maximum Gasteiger partial charge on any atom is 0.253 e. The van der Waals surface area contributed by atoms with Crippen LogP contribution in [0.4, 0.5) is 0 Å². The van der Waals surface area contributed by atoms with Gasteiger partial charge < -0.3 is 5.32 Å². The van der Waals surface area contributed by atoms with Crippen LogP contribution in [0, 0.1) is 5.92 Å². The zero-order valence-corrected chi connectivity index (χ0v) is 9.97. The molecule has 4 rings (SSSR count). The number of hydrogen-bond donors (Lipinski definition) is 2. The number of rotatable bonds is 2. The van der Waals surface area contributed by atoms with Crippen molar-refractivity contribution in [3.63, 3.8) is 0 Å². The summed E-state index contributed by atoms with van der Waals surface area (Å²) in [5.41, 5.74) is -0.586. The number of nitrogens with one attached hydrogen (secondary N) is 2. The van der Waals surface area contributed by atoms with Gasteiger partial charge in [-0.25, -0.2) is 4.99 Å². The number of aliphatic imine (C=N–C) groups is 1. The molecular weight excluding hydrogens is 246 g/mol. The fourth-order valence-electron chi connectivity index (χ4n) is 2.46. The SMILES string of the molecule is O=C(NC12CC(C1)C(=O)NC2=O)C1=CN=C=CC=C1. The van der Waals surface area contributed by atoms with Gasteiger partial charge in [0.1, 0.15) is 5.54 Å². The van der Waals surface area contributed by atoms with Gasteiger partial charge in [0.15, 0.2) is 0 Å². The van der Waals surface area contributed by atoms with Crippen molar-refractivity contribution < 1.29 is 14.4 Å². The number of imide groups is 1. The Balaban J connectivity index is 1.75. The van der Waals surface area contributed by atoms with Gasteiger partial charge in [0.2, 0.25) is 5.91 Å². The van der Waals surface area contributed by atoms with Crippen molar-refractivity contribution in [3.8, 4) is 0 Å². The van der Waals surface area contributed by atoms with Crippen molar-refractivity contribution in [2.24, 2.45) is 10.9 Å². The van der Waals surface area contributed by atoms with Gasteiger partial charge in [0, 0.05) is 12.1 Å². The largest absolute Gasteiger partial charge is 0.337 e. The topological polar surface area (TPSA) is 87.6 Å². The van der Waals surface area contributed by atoms with Gasteiger partial charge >= 0.3 is 0 Å². The Morgan fingerprint density at radius 1 is 1.47 bits per heavy atom. The molecule has 0 atom stereocenters. The molecule has 0 radical (unpaired) electrons. The molecule has 2 N–H and O–H groups in total. The second-order valence-corrected chi connectivity index (χ2v) is 4.83. The minimum Gasteiger partial charge on any atom is -0.337 e. The molecule has 0 aromatic carbocycles. The number of hydrogen-bond acceptors (Lipinski definition) is 4. The number of carbonyl (C=O) groups is 3. The predicted molar refractivity (Wildman–Crippen MR) is 66.0 cm³/mol. The fraction of sp³-hybridized carbons (Fsp3) is 0.308. The van der Waals surface area contributed by atoms with Crippen LogP contribution in [0.1, 0.15) is 12.8 Å². The molecule has 4 aliphatic rings. The Labute approximate surface area is 109 Å². The second-order valence-electron chi connectivity index (χ2n) is 4.83. The average Bonchev–Trinajstić information content (AvgIpc) is 2.59. The number of piperidine rings is 2. The van der Waals surface area contributed by atoms with E-state index in [1.54, 1.807) is 18.2 Å². The third-order valence-electron chi connectivity index (χ3n) is 3.57. The van der Waals surface area contributed by atoms with Gasteiger partial charge in [0.05, 0.1) is 5.57 Å². The first-order valence-electron chi connectivity index (χ1n) is 5.94. The van der Waals surface area contributed by atoms with E-state index >= 15 is 0 Å². The summed E-state index contributed by atoms with van der Waals surface area (Å²) in [6.45, 7) is 0. The first-order chi connectivity index (χ1) is 9.11. The minimum absolute atomic E-state index is 0.170. The van der Waals surface area contributed by atoms with E-state index in [0.29, 0.717) is 18.4 Å². The molecule has 0 spiro atoms. The smallest absolute Gasteiger partial charge is 0.253 e. The van der Waals surface area contributed by atoms with E-state index in [9.17, 15) is 14.4 Å². The van der Waals surface area contributed by atoms with Crippen LogP contribution in [-0.4, -0.2) is 29.1 Å². The van der Waals surface area contributed by atoms with Crippen molar-refractivity contribution in [2.75, 3.05) is 0 Å². The Hall–Kier alpha value is -2.46. The molecule has 0 unspecified atom stereocenters. The maximum absolute atomic E-state index is 12.1. The van der Waals surface area contributed by atoms with Crippen molar-refractivity contribution in [2.45, 2.75) is 18.4 Å². The summed E-state index contributed by atoms with van der Waals surface area (Å²) in [6, 6.07) is 0. The van der Waals surface area contributed by atoms with Crippen LogP contribution in [0.25, 0.3) is 0 Å². The average molecular weight is 257 g/mol. The molecule has 3 amide bonds. The van der Waals surface area contributed by atoms with Crippen molar-refractivity contribution in [3.05, 3.63) is 30.0 Å². The number of amides is 3. The lowest BCUT2D eigenvalue weighted by Gasteiger charge is -2.49. The molecule has 6 nitrogen and oxygen atoms in total. The minimum atomic E-state index is -0.937. The number of allylic oxidation sites excluding steroid dienone is 2. The van der Waals surface area contributed by atoms with E-state index in [-0.39, 0.29) is 17.7 Å². The summed E-state index contributed by atoms with van der Waals surface area (Å²) in [4.78, 5) is 39.0. The summed E-state index contributed by atoms with van der Waals surface area (Å²) in [6.07, 6.45) is 6.96. The van der Waals surface area contributed by atoms with Crippen LogP contribution in [0.2, 0.25) is 0 Å². The summed E-state index contributed by atoms with van der Waals surface area (Å²) in [5, 5.41) is 4.97. The first-order valence-corrected chi connectivity index (χ1v) is 5.94. The van der Waals surface area contributed by atoms with Crippen LogP contribution < -0.4 is 10.6 Å². The predicted octanol–water partition coefficient (Wildman–Crippen LogP) is -0.413. The molecule has 96 valence electrons. The molecule has 3 heterocycles. The van der Waals surface area contributed by atoms with E-state index in [1.165, 1.54) is 6.20 Å². The summed E-state index contributed by atoms with van der Waals surface area (Å²) in [7, 11) is 0.